The van der Waals surface area contributed by atoms with Gasteiger partial charge in [-0.1, -0.05) is 11.6 Å². The zero-order valence-corrected chi connectivity index (χ0v) is 16.5. The fourth-order valence-corrected chi connectivity index (χ4v) is 2.73. The van der Waals surface area contributed by atoms with E-state index in [0.29, 0.717) is 11.3 Å². The Bertz CT molecular complexity index is 993. The molecule has 0 aliphatic carbocycles. The van der Waals surface area contributed by atoms with Gasteiger partial charge in [0.1, 0.15) is 17.4 Å². The number of carbonyl (C=O) groups excluding carboxylic acids is 1. The number of halogens is 1. The minimum absolute atomic E-state index is 0.109. The summed E-state index contributed by atoms with van der Waals surface area (Å²) >= 11 is 6.16. The molecular formula is C18H21ClN4O4. The standard InChI is InChI=1S/C18H21ClN4O4/c1-10-12(7-6-11(8-20)14(10)19)23-15(24)13(22(5)17(23)26)9-21-16(25)27-18(2,3)4/h6-7,24H,9H2,1-5H3,(H,21,25). The second-order valence-corrected chi connectivity index (χ2v) is 7.36. The molecule has 0 aliphatic rings. The summed E-state index contributed by atoms with van der Waals surface area (Å²) in [6.07, 6.45) is -0.667. The van der Waals surface area contributed by atoms with Gasteiger partial charge in [0.15, 0.2) is 0 Å². The van der Waals surface area contributed by atoms with E-state index in [1.807, 2.05) is 6.07 Å². The highest BCUT2D eigenvalue weighted by Gasteiger charge is 2.22. The van der Waals surface area contributed by atoms with Crippen LogP contribution in [0.3, 0.4) is 0 Å². The van der Waals surface area contributed by atoms with Crippen LogP contribution >= 0.6 is 11.6 Å². The molecule has 0 aliphatic heterocycles. The third-order valence-electron chi connectivity index (χ3n) is 3.87. The van der Waals surface area contributed by atoms with Gasteiger partial charge in [-0.2, -0.15) is 5.26 Å². The first-order valence-electron chi connectivity index (χ1n) is 8.14. The van der Waals surface area contributed by atoms with Crippen LogP contribution in [0, 0.1) is 18.3 Å². The van der Waals surface area contributed by atoms with Crippen molar-refractivity contribution < 1.29 is 14.6 Å². The van der Waals surface area contributed by atoms with Crippen molar-refractivity contribution in [1.82, 2.24) is 14.5 Å². The molecule has 144 valence electrons. The molecule has 0 atom stereocenters. The third kappa shape index (κ3) is 4.09. The summed E-state index contributed by atoms with van der Waals surface area (Å²) in [6, 6.07) is 4.97. The van der Waals surface area contributed by atoms with Crippen LogP contribution in [0.15, 0.2) is 16.9 Å². The van der Waals surface area contributed by atoms with E-state index in [2.05, 4.69) is 5.32 Å². The molecule has 0 spiro atoms. The van der Waals surface area contributed by atoms with E-state index in [0.717, 1.165) is 4.57 Å². The molecule has 8 nitrogen and oxygen atoms in total. The number of carbonyl (C=O) groups is 1. The number of nitrogens with one attached hydrogen (secondary N) is 1. The zero-order chi connectivity index (χ0) is 20.5. The lowest BCUT2D eigenvalue weighted by Crippen LogP contribution is -2.33. The molecule has 1 aromatic carbocycles. The summed E-state index contributed by atoms with van der Waals surface area (Å²) in [5, 5.41) is 22.3. The molecule has 0 unspecified atom stereocenters. The fourth-order valence-electron chi connectivity index (χ4n) is 2.52. The first-order chi connectivity index (χ1) is 12.5. The van der Waals surface area contributed by atoms with Gasteiger partial charge < -0.3 is 15.2 Å². The van der Waals surface area contributed by atoms with E-state index in [4.69, 9.17) is 21.6 Å². The minimum Gasteiger partial charge on any atom is -0.493 e. The second-order valence-electron chi connectivity index (χ2n) is 6.99. The van der Waals surface area contributed by atoms with Crippen LogP contribution in [-0.2, 0) is 18.3 Å². The molecule has 0 saturated carbocycles. The molecule has 1 heterocycles. The topological polar surface area (TPSA) is 109 Å². The first-order valence-corrected chi connectivity index (χ1v) is 8.51. The van der Waals surface area contributed by atoms with E-state index in [9.17, 15) is 14.7 Å². The molecule has 1 amide bonds. The summed E-state index contributed by atoms with van der Waals surface area (Å²) in [5.41, 5.74) is 0.114. The molecule has 27 heavy (non-hydrogen) atoms. The van der Waals surface area contributed by atoms with E-state index >= 15 is 0 Å². The lowest BCUT2D eigenvalue weighted by Gasteiger charge is -2.19. The Morgan fingerprint density at radius 1 is 1.41 bits per heavy atom. The molecule has 9 heteroatoms. The van der Waals surface area contributed by atoms with Crippen molar-refractivity contribution in [3.8, 4) is 17.6 Å². The summed E-state index contributed by atoms with van der Waals surface area (Å²) in [4.78, 5) is 24.4. The number of aromatic hydroxyl groups is 1. The van der Waals surface area contributed by atoms with Crippen molar-refractivity contribution in [2.24, 2.45) is 7.05 Å². The summed E-state index contributed by atoms with van der Waals surface area (Å²) < 4.78 is 7.45. The Balaban J connectivity index is 2.42. The SMILES string of the molecule is Cc1c(-n2c(O)c(CNC(=O)OC(C)(C)C)n(C)c2=O)ccc(C#N)c1Cl. The maximum atomic E-state index is 12.6. The maximum absolute atomic E-state index is 12.6. The number of hydrogen-bond donors (Lipinski definition) is 2. The van der Waals surface area contributed by atoms with Crippen LogP contribution in [0.2, 0.25) is 5.02 Å². The highest BCUT2D eigenvalue weighted by atomic mass is 35.5. The van der Waals surface area contributed by atoms with Gasteiger partial charge in [-0.15, -0.1) is 0 Å². The van der Waals surface area contributed by atoms with Crippen LogP contribution in [0.25, 0.3) is 5.69 Å². The van der Waals surface area contributed by atoms with Crippen molar-refractivity contribution in [1.29, 1.82) is 5.26 Å². The normalized spacial score (nSPS) is 11.1. The molecule has 0 bridgehead atoms. The van der Waals surface area contributed by atoms with Gasteiger partial charge >= 0.3 is 11.8 Å². The molecule has 2 N–H and O–H groups in total. The Morgan fingerprint density at radius 2 is 2.04 bits per heavy atom. The number of hydrogen-bond acceptors (Lipinski definition) is 5. The highest BCUT2D eigenvalue weighted by Crippen LogP contribution is 2.29. The Labute approximate surface area is 161 Å². The van der Waals surface area contributed by atoms with E-state index in [1.54, 1.807) is 27.7 Å². The van der Waals surface area contributed by atoms with Gasteiger partial charge in [0.2, 0.25) is 5.88 Å². The second kappa shape index (κ2) is 7.37. The summed E-state index contributed by atoms with van der Waals surface area (Å²) in [7, 11) is 1.48. The van der Waals surface area contributed by atoms with Crippen LogP contribution in [-0.4, -0.2) is 25.9 Å². The lowest BCUT2D eigenvalue weighted by molar-refractivity contribution is 0.0522. The lowest BCUT2D eigenvalue weighted by atomic mass is 10.1. The number of rotatable bonds is 3. The number of imidazole rings is 1. The largest absolute Gasteiger partial charge is 0.493 e. The van der Waals surface area contributed by atoms with Gasteiger partial charge in [-0.3, -0.25) is 4.57 Å². The average molecular weight is 393 g/mol. The minimum atomic E-state index is -0.667. The molecule has 0 radical (unpaired) electrons. The predicted octanol–water partition coefficient (Wildman–Crippen LogP) is 2.74. The number of aromatic nitrogens is 2. The Morgan fingerprint density at radius 3 is 2.59 bits per heavy atom. The fraction of sp³-hybridized carbons (Fsp3) is 0.389. The van der Waals surface area contributed by atoms with Gasteiger partial charge in [0.05, 0.1) is 22.8 Å². The molecular weight excluding hydrogens is 372 g/mol. The molecule has 2 rings (SSSR count). The number of ether oxygens (including phenoxy) is 1. The number of nitrogens with zero attached hydrogens (tertiary/aromatic N) is 3. The summed E-state index contributed by atoms with van der Waals surface area (Å²) in [6.45, 7) is 6.73. The van der Waals surface area contributed by atoms with Crippen molar-refractivity contribution in [2.45, 2.75) is 39.8 Å². The van der Waals surface area contributed by atoms with Gasteiger partial charge in [-0.25, -0.2) is 14.2 Å². The van der Waals surface area contributed by atoms with Crippen molar-refractivity contribution in [3.05, 3.63) is 44.5 Å². The molecule has 1 aromatic heterocycles. The van der Waals surface area contributed by atoms with E-state index < -0.39 is 17.4 Å². The van der Waals surface area contributed by atoms with E-state index in [1.165, 1.54) is 23.7 Å². The Hall–Kier alpha value is -2.92. The van der Waals surface area contributed by atoms with Gasteiger partial charge in [-0.05, 0) is 45.4 Å². The highest BCUT2D eigenvalue weighted by molar-refractivity contribution is 6.32. The van der Waals surface area contributed by atoms with Gasteiger partial charge in [0, 0.05) is 7.05 Å². The zero-order valence-electron chi connectivity index (χ0n) is 15.8. The molecule has 0 fully saturated rings. The third-order valence-corrected chi connectivity index (χ3v) is 4.36. The average Bonchev–Trinajstić information content (AvgIpc) is 2.77. The molecule has 0 saturated heterocycles. The Kier molecular flexibility index (Phi) is 5.56. The van der Waals surface area contributed by atoms with Crippen molar-refractivity contribution >= 4 is 17.7 Å². The van der Waals surface area contributed by atoms with Gasteiger partial charge in [0.25, 0.3) is 0 Å². The number of benzene rings is 1. The van der Waals surface area contributed by atoms with Crippen molar-refractivity contribution in [2.75, 3.05) is 0 Å². The maximum Gasteiger partial charge on any atom is 0.407 e. The molecule has 2 aromatic rings. The monoisotopic (exact) mass is 392 g/mol. The van der Waals surface area contributed by atoms with E-state index in [-0.39, 0.29) is 28.7 Å². The quantitative estimate of drug-likeness (QED) is 0.834. The van der Waals surface area contributed by atoms with Crippen molar-refractivity contribution in [3.63, 3.8) is 0 Å². The number of alkyl carbamates (subject to hydrolysis) is 1. The van der Waals surface area contributed by atoms with Crippen LogP contribution in [0.4, 0.5) is 4.79 Å². The summed E-state index contributed by atoms with van der Waals surface area (Å²) in [5.74, 6) is -0.331. The number of amides is 1. The van der Waals surface area contributed by atoms with Crippen LogP contribution in [0.5, 0.6) is 5.88 Å². The first kappa shape index (κ1) is 20.4. The predicted molar refractivity (Wildman–Crippen MR) is 100 cm³/mol. The smallest absolute Gasteiger partial charge is 0.407 e. The van der Waals surface area contributed by atoms with Crippen LogP contribution in [0.1, 0.15) is 37.6 Å². The van der Waals surface area contributed by atoms with Crippen LogP contribution < -0.4 is 11.0 Å². The number of nitriles is 1.